The Balaban J connectivity index is 0.000000492. The summed E-state index contributed by atoms with van der Waals surface area (Å²) in [5.74, 6) is 0.131. The van der Waals surface area contributed by atoms with Crippen LogP contribution in [-0.2, 0) is 6.54 Å². The average molecular weight is 579 g/mol. The Labute approximate surface area is 137 Å². The van der Waals surface area contributed by atoms with Crippen molar-refractivity contribution >= 4 is 43.0 Å². The summed E-state index contributed by atoms with van der Waals surface area (Å²) < 4.78 is 1.87. The van der Waals surface area contributed by atoms with E-state index in [1.165, 1.54) is 0 Å². The summed E-state index contributed by atoms with van der Waals surface area (Å²) in [7, 11) is 0. The van der Waals surface area contributed by atoms with E-state index < -0.39 is 0 Å². The van der Waals surface area contributed by atoms with E-state index >= 15 is 0 Å². The third-order valence-corrected chi connectivity index (χ3v) is 2.20. The topological polar surface area (TPSA) is 20.9 Å². The number of hydrogen-bond acceptors (Lipinski definition) is 1. The smallest absolute Gasteiger partial charge is 0.227 e. The summed E-state index contributed by atoms with van der Waals surface area (Å²) >= 11 is 5.30. The number of carbonyl (C=O) groups excluding carboxylic acids is 1. The summed E-state index contributed by atoms with van der Waals surface area (Å²) in [5.41, 5.74) is 0.758. The number of carbonyl (C=O) groups is 1. The second-order valence-electron chi connectivity index (χ2n) is 3.39. The van der Waals surface area contributed by atoms with Crippen molar-refractivity contribution in [2.45, 2.75) is 6.54 Å². The molecule has 0 amide bonds. The molecule has 96 valence electrons. The van der Waals surface area contributed by atoms with Gasteiger partial charge in [0.25, 0.3) is 0 Å². The van der Waals surface area contributed by atoms with Crippen LogP contribution >= 0.6 is 37.2 Å². The molecule has 0 atom stereocenters. The van der Waals surface area contributed by atoms with Gasteiger partial charge in [0.1, 0.15) is 0 Å². The molecule has 2 aromatic rings. The minimum atomic E-state index is 0.131. The van der Waals surface area contributed by atoms with Crippen molar-refractivity contribution in [3.8, 4) is 0 Å². The van der Waals surface area contributed by atoms with Gasteiger partial charge in [-0.2, -0.15) is 4.57 Å². The number of halogens is 3. The zero-order chi connectivity index (χ0) is 13.2. The monoisotopic (exact) mass is 579 g/mol. The molecule has 1 heterocycles. The molecule has 1 aromatic carbocycles. The van der Waals surface area contributed by atoms with Crippen LogP contribution in [0.15, 0.2) is 60.9 Å². The molecule has 0 aliphatic carbocycles. The molecule has 2 rings (SSSR count). The second kappa shape index (κ2) is 10.1. The third-order valence-electron chi connectivity index (χ3n) is 2.20. The Hall–Kier alpha value is 0.230. The number of hydrogen-bond donors (Lipinski definition) is 0. The summed E-state index contributed by atoms with van der Waals surface area (Å²) in [5, 5.41) is 0. The molecule has 0 bridgehead atoms. The van der Waals surface area contributed by atoms with E-state index in [9.17, 15) is 4.79 Å². The summed E-state index contributed by atoms with van der Waals surface area (Å²) in [6.07, 6.45) is 3.78. The van der Waals surface area contributed by atoms with Gasteiger partial charge in [-0.3, -0.25) is 4.79 Å². The van der Waals surface area contributed by atoms with Crippen molar-refractivity contribution in [1.29, 1.82) is 0 Å². The van der Waals surface area contributed by atoms with Crippen LogP contribution in [0.25, 0.3) is 0 Å². The molecule has 0 aliphatic heterocycles. The summed E-state index contributed by atoms with van der Waals surface area (Å²) in [4.78, 5) is 11.8. The van der Waals surface area contributed by atoms with E-state index in [2.05, 4.69) is 37.2 Å². The first kappa shape index (κ1) is 16.3. The van der Waals surface area contributed by atoms with Crippen LogP contribution in [0.3, 0.4) is 0 Å². The van der Waals surface area contributed by atoms with Gasteiger partial charge in [0.15, 0.2) is 12.4 Å². The van der Waals surface area contributed by atoms with E-state index in [4.69, 9.17) is 0 Å². The molecular weight excluding hydrogens is 567 g/mol. The normalized spacial score (nSPS) is 9.44. The molecule has 0 radical (unpaired) electrons. The Kier molecular flexibility index (Phi) is 9.11. The van der Waals surface area contributed by atoms with Crippen LogP contribution in [0.4, 0.5) is 0 Å². The maximum Gasteiger partial charge on any atom is 0.227 e. The van der Waals surface area contributed by atoms with Gasteiger partial charge in [0, 0.05) is 17.7 Å². The van der Waals surface area contributed by atoms with Crippen LogP contribution in [0.2, 0.25) is 0 Å². The predicted octanol–water partition coefficient (Wildman–Crippen LogP) is 0.632. The first-order chi connectivity index (χ1) is 8.77. The number of benzene rings is 1. The Morgan fingerprint density at radius 1 is 1.00 bits per heavy atom. The van der Waals surface area contributed by atoms with Gasteiger partial charge in [-0.05, 0) is 0 Å². The van der Waals surface area contributed by atoms with Gasteiger partial charge >= 0.3 is 50.5 Å². The van der Waals surface area contributed by atoms with E-state index in [1.54, 1.807) is 0 Å². The van der Waals surface area contributed by atoms with Crippen molar-refractivity contribution in [2.24, 2.45) is 0 Å². The maximum atomic E-state index is 11.8. The molecule has 0 aliphatic rings. The molecule has 1 aromatic heterocycles. The molecule has 0 unspecified atom stereocenters. The fourth-order valence-electron chi connectivity index (χ4n) is 1.42. The quantitative estimate of drug-likeness (QED) is 0.298. The number of aromatic nitrogens is 1. The van der Waals surface area contributed by atoms with Gasteiger partial charge in [-0.15, -0.1) is 0 Å². The van der Waals surface area contributed by atoms with E-state index in [0.717, 1.165) is 5.56 Å². The van der Waals surface area contributed by atoms with E-state index in [0.29, 0.717) is 19.8 Å². The number of nitrogens with zero attached hydrogens (tertiary/aromatic N) is 1. The second-order valence-corrected chi connectivity index (χ2v) is 19.6. The van der Waals surface area contributed by atoms with Gasteiger partial charge in [-0.1, -0.05) is 36.4 Å². The fourth-order valence-corrected chi connectivity index (χ4v) is 1.42. The number of pyridine rings is 1. The minimum Gasteiger partial charge on any atom is -0.287 e. The Morgan fingerprint density at radius 2 is 1.50 bits per heavy atom. The first-order valence-corrected chi connectivity index (χ1v) is 17.7. The van der Waals surface area contributed by atoms with Crippen LogP contribution < -0.4 is 17.8 Å². The maximum absolute atomic E-state index is 11.8. The van der Waals surface area contributed by atoms with E-state index in [-0.39, 0.29) is 5.78 Å². The van der Waals surface area contributed by atoms with Crippen LogP contribution in [-0.4, -0.2) is 5.78 Å². The minimum absolute atomic E-state index is 0.131. The molecule has 0 fully saturated rings. The zero-order valence-corrected chi connectivity index (χ0v) is 15.9. The zero-order valence-electron chi connectivity index (χ0n) is 9.47. The molecule has 2 nitrogen and oxygen atoms in total. The van der Waals surface area contributed by atoms with Gasteiger partial charge in [0.05, 0.1) is 0 Å². The molecule has 5 heteroatoms. The summed E-state index contributed by atoms with van der Waals surface area (Å²) in [6, 6.07) is 15.1. The third kappa shape index (κ3) is 6.41. The van der Waals surface area contributed by atoms with E-state index in [1.807, 2.05) is 65.5 Å². The van der Waals surface area contributed by atoms with Crippen LogP contribution in [0, 0.1) is 0 Å². The summed E-state index contributed by atoms with van der Waals surface area (Å²) in [6.45, 7) is 0.394. The number of ketones is 1. The largest absolute Gasteiger partial charge is 0.287 e. The van der Waals surface area contributed by atoms with Crippen molar-refractivity contribution in [3.63, 3.8) is 0 Å². The number of Topliss-reactive ketones (excluding diaryl/α,β-unsaturated/α-hetero) is 1. The first-order valence-electron chi connectivity index (χ1n) is 5.17. The molecule has 0 N–H and O–H groups in total. The molecule has 18 heavy (non-hydrogen) atoms. The van der Waals surface area contributed by atoms with Crippen molar-refractivity contribution in [1.82, 2.24) is 0 Å². The predicted molar refractivity (Wildman–Crippen MR) is 85.4 cm³/mol. The average Bonchev–Trinajstić information content (AvgIpc) is 2.42. The van der Waals surface area contributed by atoms with Gasteiger partial charge < -0.3 is 0 Å². The Bertz CT molecular complexity index is 462. The molecule has 0 saturated carbocycles. The fraction of sp³-hybridized carbons (Fsp3) is 0.0769. The van der Waals surface area contributed by atoms with Gasteiger partial charge in [0.2, 0.25) is 12.3 Å². The SMILES string of the molecule is I[I-]I.O=C(C[n+]1ccccc1)c1ccccc1. The number of rotatable bonds is 3. The van der Waals surface area contributed by atoms with Crippen LogP contribution in [0.5, 0.6) is 0 Å². The Morgan fingerprint density at radius 3 is 2.06 bits per heavy atom. The van der Waals surface area contributed by atoms with Crippen LogP contribution in [0.1, 0.15) is 10.4 Å². The van der Waals surface area contributed by atoms with Crippen molar-refractivity contribution < 1.29 is 22.6 Å². The van der Waals surface area contributed by atoms with Crippen molar-refractivity contribution in [2.75, 3.05) is 0 Å². The standard InChI is InChI=1S/C13H12NO.I3/c15-13(12-7-3-1-4-8-12)11-14-9-5-2-6-10-14;1-3-2/h1-10H,11H2;/q+1;-1. The molecule has 0 saturated heterocycles. The van der Waals surface area contributed by atoms with Gasteiger partial charge in [-0.25, -0.2) is 0 Å². The molecule has 0 spiro atoms. The van der Waals surface area contributed by atoms with Crippen molar-refractivity contribution in [3.05, 3.63) is 66.5 Å². The molecular formula is C13H12I3NO.